The number of hydrogen-bond donors (Lipinski definition) is 2. The second-order valence-corrected chi connectivity index (χ2v) is 4.20. The third kappa shape index (κ3) is 3.30. The molecule has 6 heteroatoms. The summed E-state index contributed by atoms with van der Waals surface area (Å²) in [4.78, 5) is 17.8. The van der Waals surface area contributed by atoms with E-state index in [0.29, 0.717) is 5.69 Å². The van der Waals surface area contributed by atoms with Crippen LogP contribution in [0.15, 0.2) is 30.6 Å². The van der Waals surface area contributed by atoms with Gasteiger partial charge in [-0.1, -0.05) is 6.07 Å². The second-order valence-electron chi connectivity index (χ2n) is 4.20. The van der Waals surface area contributed by atoms with Crippen molar-refractivity contribution >= 4 is 11.6 Å². The first kappa shape index (κ1) is 13.5. The van der Waals surface area contributed by atoms with E-state index >= 15 is 0 Å². The molecule has 0 atom stereocenters. The van der Waals surface area contributed by atoms with E-state index in [-0.39, 0.29) is 38.6 Å². The molecule has 0 saturated heterocycles. The van der Waals surface area contributed by atoms with Gasteiger partial charge in [0, 0.05) is 25.5 Å². The minimum atomic E-state index is -0.147. The van der Waals surface area contributed by atoms with Crippen molar-refractivity contribution in [2.24, 2.45) is 0 Å². The van der Waals surface area contributed by atoms with Crippen LogP contribution in [0.2, 0.25) is 0 Å². The Kier molecular flexibility index (Phi) is 4.48. The Labute approximate surface area is 110 Å². The Morgan fingerprint density at radius 1 is 1.26 bits per heavy atom. The Hall–Kier alpha value is -1.92. The van der Waals surface area contributed by atoms with Gasteiger partial charge in [-0.3, -0.25) is 4.79 Å². The average molecular weight is 263 g/mol. The molecule has 2 rings (SSSR count). The molecule has 0 aliphatic heterocycles. The fraction of sp³-hybridized carbons (Fsp3) is 0.385. The first-order valence-corrected chi connectivity index (χ1v) is 6.16. The largest absolute Gasteiger partial charge is 0.395 e. The van der Waals surface area contributed by atoms with E-state index < -0.39 is 0 Å². The molecule has 0 unspecified atom stereocenters. The summed E-state index contributed by atoms with van der Waals surface area (Å²) in [7, 11) is 0. The van der Waals surface area contributed by atoms with Crippen LogP contribution in [0.5, 0.6) is 0 Å². The van der Waals surface area contributed by atoms with Gasteiger partial charge in [0.25, 0.3) is 0 Å². The molecule has 0 spiro atoms. The number of aliphatic hydroxyl groups is 2. The summed E-state index contributed by atoms with van der Waals surface area (Å²) < 4.78 is 1.85. The lowest BCUT2D eigenvalue weighted by Gasteiger charge is -2.19. The lowest BCUT2D eigenvalue weighted by Crippen LogP contribution is -2.36. The summed E-state index contributed by atoms with van der Waals surface area (Å²) in [5, 5.41) is 17.8. The van der Waals surface area contributed by atoms with Crippen molar-refractivity contribution in [3.63, 3.8) is 0 Å². The summed E-state index contributed by atoms with van der Waals surface area (Å²) in [5.41, 5.74) is 1.47. The first-order valence-electron chi connectivity index (χ1n) is 6.16. The average Bonchev–Trinajstić information content (AvgIpc) is 2.80. The molecule has 0 radical (unpaired) electrons. The molecule has 0 saturated carbocycles. The van der Waals surface area contributed by atoms with E-state index in [1.165, 1.54) is 4.90 Å². The SMILES string of the molecule is O=C(Cc1cn2ccccc2n1)N(CCO)CCO. The highest BCUT2D eigenvalue weighted by Gasteiger charge is 2.14. The molecular weight excluding hydrogens is 246 g/mol. The highest BCUT2D eigenvalue weighted by atomic mass is 16.3. The van der Waals surface area contributed by atoms with Crippen LogP contribution in [0.1, 0.15) is 5.69 Å². The first-order chi connectivity index (χ1) is 9.24. The number of carbonyl (C=O) groups excluding carboxylic acids is 1. The molecule has 2 aromatic rings. The maximum absolute atomic E-state index is 12.0. The van der Waals surface area contributed by atoms with Crippen LogP contribution in [0, 0.1) is 0 Å². The monoisotopic (exact) mass is 263 g/mol. The van der Waals surface area contributed by atoms with Crippen LogP contribution < -0.4 is 0 Å². The maximum Gasteiger partial charge on any atom is 0.228 e. The molecule has 2 aromatic heterocycles. The standard InChI is InChI=1S/C13H17N3O3/c17-7-5-15(6-8-18)13(19)9-11-10-16-4-2-1-3-12(16)14-11/h1-4,10,17-18H,5-9H2. The summed E-state index contributed by atoms with van der Waals surface area (Å²) in [6, 6.07) is 5.65. The number of hydrogen-bond acceptors (Lipinski definition) is 4. The van der Waals surface area contributed by atoms with Gasteiger partial charge < -0.3 is 19.5 Å². The molecule has 19 heavy (non-hydrogen) atoms. The fourth-order valence-corrected chi connectivity index (χ4v) is 1.94. The molecule has 1 amide bonds. The van der Waals surface area contributed by atoms with Crippen LogP contribution in [0.3, 0.4) is 0 Å². The zero-order valence-corrected chi connectivity index (χ0v) is 10.6. The van der Waals surface area contributed by atoms with Crippen LogP contribution in [-0.4, -0.2) is 56.7 Å². The van der Waals surface area contributed by atoms with Gasteiger partial charge in [-0.15, -0.1) is 0 Å². The lowest BCUT2D eigenvalue weighted by molar-refractivity contribution is -0.131. The molecule has 0 bridgehead atoms. The lowest BCUT2D eigenvalue weighted by atomic mass is 10.3. The van der Waals surface area contributed by atoms with Crippen LogP contribution in [-0.2, 0) is 11.2 Å². The topological polar surface area (TPSA) is 78.1 Å². The molecule has 0 aliphatic carbocycles. The van der Waals surface area contributed by atoms with Crippen molar-refractivity contribution in [1.29, 1.82) is 0 Å². The van der Waals surface area contributed by atoms with Gasteiger partial charge in [0.1, 0.15) is 5.65 Å². The van der Waals surface area contributed by atoms with Crippen molar-refractivity contribution in [2.75, 3.05) is 26.3 Å². The summed E-state index contributed by atoms with van der Waals surface area (Å²) in [5.74, 6) is -0.147. The van der Waals surface area contributed by atoms with Crippen molar-refractivity contribution in [1.82, 2.24) is 14.3 Å². The molecule has 0 aromatic carbocycles. The maximum atomic E-state index is 12.0. The molecule has 6 nitrogen and oxygen atoms in total. The van der Waals surface area contributed by atoms with Gasteiger partial charge in [-0.25, -0.2) is 4.98 Å². The number of imidazole rings is 1. The quantitative estimate of drug-likeness (QED) is 0.749. The third-order valence-corrected chi connectivity index (χ3v) is 2.84. The fourth-order valence-electron chi connectivity index (χ4n) is 1.94. The predicted octanol–water partition coefficient (Wildman–Crippen LogP) is -0.310. The van der Waals surface area contributed by atoms with Crippen molar-refractivity contribution in [3.8, 4) is 0 Å². The van der Waals surface area contributed by atoms with Crippen molar-refractivity contribution < 1.29 is 15.0 Å². The predicted molar refractivity (Wildman–Crippen MR) is 69.6 cm³/mol. The molecule has 2 heterocycles. The van der Waals surface area contributed by atoms with E-state index in [1.807, 2.05) is 35.0 Å². The Morgan fingerprint density at radius 3 is 2.63 bits per heavy atom. The molecule has 0 fully saturated rings. The summed E-state index contributed by atoms with van der Waals surface area (Å²) in [6.45, 7) is 0.230. The van der Waals surface area contributed by atoms with Crippen LogP contribution in [0.25, 0.3) is 5.65 Å². The minimum absolute atomic E-state index is 0.114. The van der Waals surface area contributed by atoms with Crippen molar-refractivity contribution in [3.05, 3.63) is 36.3 Å². The van der Waals surface area contributed by atoms with Gasteiger partial charge in [0.15, 0.2) is 0 Å². The van der Waals surface area contributed by atoms with Crippen LogP contribution >= 0.6 is 0 Å². The van der Waals surface area contributed by atoms with Gasteiger partial charge in [-0.05, 0) is 12.1 Å². The number of aromatic nitrogens is 2. The van der Waals surface area contributed by atoms with Gasteiger partial charge >= 0.3 is 0 Å². The Balaban J connectivity index is 2.08. The van der Waals surface area contributed by atoms with E-state index in [9.17, 15) is 4.79 Å². The molecule has 2 N–H and O–H groups in total. The molecule has 102 valence electrons. The van der Waals surface area contributed by atoms with Gasteiger partial charge in [0.2, 0.25) is 5.91 Å². The number of amides is 1. The minimum Gasteiger partial charge on any atom is -0.395 e. The number of pyridine rings is 1. The number of nitrogens with zero attached hydrogens (tertiary/aromatic N) is 3. The Bertz CT molecular complexity index is 514. The van der Waals surface area contributed by atoms with E-state index in [4.69, 9.17) is 10.2 Å². The summed E-state index contributed by atoms with van der Waals surface area (Å²) >= 11 is 0. The number of carbonyl (C=O) groups is 1. The zero-order valence-electron chi connectivity index (χ0n) is 10.6. The normalized spacial score (nSPS) is 10.8. The number of aliphatic hydroxyl groups excluding tert-OH is 2. The molecular formula is C13H17N3O3. The number of fused-ring (bicyclic) bond motifs is 1. The summed E-state index contributed by atoms with van der Waals surface area (Å²) in [6.07, 6.45) is 3.85. The van der Waals surface area contributed by atoms with Crippen LogP contribution in [0.4, 0.5) is 0 Å². The van der Waals surface area contributed by atoms with Gasteiger partial charge in [0.05, 0.1) is 25.3 Å². The van der Waals surface area contributed by atoms with Gasteiger partial charge in [-0.2, -0.15) is 0 Å². The zero-order chi connectivity index (χ0) is 13.7. The Morgan fingerprint density at radius 2 is 2.00 bits per heavy atom. The second kappa shape index (κ2) is 6.31. The van der Waals surface area contributed by atoms with E-state index in [1.54, 1.807) is 0 Å². The number of rotatable bonds is 6. The third-order valence-electron chi connectivity index (χ3n) is 2.84. The van der Waals surface area contributed by atoms with Crippen molar-refractivity contribution in [2.45, 2.75) is 6.42 Å². The highest BCUT2D eigenvalue weighted by molar-refractivity contribution is 5.78. The van der Waals surface area contributed by atoms with E-state index in [2.05, 4.69) is 4.98 Å². The molecule has 0 aliphatic rings. The highest BCUT2D eigenvalue weighted by Crippen LogP contribution is 2.06. The van der Waals surface area contributed by atoms with E-state index in [0.717, 1.165) is 5.65 Å². The smallest absolute Gasteiger partial charge is 0.228 e.